The second-order valence-electron chi connectivity index (χ2n) is 11.4. The van der Waals surface area contributed by atoms with Crippen LogP contribution in [0.5, 0.6) is 0 Å². The summed E-state index contributed by atoms with van der Waals surface area (Å²) in [6.45, 7) is 9.24. The van der Waals surface area contributed by atoms with E-state index in [2.05, 4.69) is 129 Å². The van der Waals surface area contributed by atoms with Crippen molar-refractivity contribution in [2.45, 2.75) is 58.8 Å². The Labute approximate surface area is 227 Å². The number of hydrogen-bond donors (Lipinski definition) is 0. The summed E-state index contributed by atoms with van der Waals surface area (Å²) in [6.07, 6.45) is 6.66. The minimum absolute atomic E-state index is 0.00906. The number of imidazole rings is 1. The first-order valence-electron chi connectivity index (χ1n) is 13.9. The molecule has 0 N–H and O–H groups in total. The van der Waals surface area contributed by atoms with Gasteiger partial charge in [0.15, 0.2) is 0 Å². The zero-order valence-corrected chi connectivity index (χ0v) is 23.0. The first-order valence-corrected chi connectivity index (χ1v) is 13.9. The SMILES string of the molecule is CCCCC(C)(C)c1cnc(-c2ccc3c(c2)-c2ccccc2C3)n1-c1ccc(-c2ccccc2)cc1C. The summed E-state index contributed by atoms with van der Waals surface area (Å²) in [6, 6.07) is 33.2. The van der Waals surface area contributed by atoms with E-state index in [-0.39, 0.29) is 5.41 Å². The van der Waals surface area contributed by atoms with E-state index < -0.39 is 0 Å². The van der Waals surface area contributed by atoms with Crippen LogP contribution in [0.25, 0.3) is 39.3 Å². The molecule has 1 heterocycles. The second kappa shape index (κ2) is 9.76. The van der Waals surface area contributed by atoms with Crippen LogP contribution in [0.15, 0.2) is 97.2 Å². The van der Waals surface area contributed by atoms with Crippen molar-refractivity contribution in [1.29, 1.82) is 0 Å². The van der Waals surface area contributed by atoms with Gasteiger partial charge in [-0.1, -0.05) is 106 Å². The second-order valence-corrected chi connectivity index (χ2v) is 11.4. The van der Waals surface area contributed by atoms with Crippen molar-refractivity contribution < 1.29 is 0 Å². The number of fused-ring (bicyclic) bond motifs is 3. The zero-order valence-electron chi connectivity index (χ0n) is 23.0. The molecule has 190 valence electrons. The summed E-state index contributed by atoms with van der Waals surface area (Å²) in [4.78, 5) is 5.10. The van der Waals surface area contributed by atoms with Crippen LogP contribution in [-0.2, 0) is 11.8 Å². The molecule has 0 fully saturated rings. The highest BCUT2D eigenvalue weighted by Crippen LogP contribution is 2.41. The Balaban J connectivity index is 1.51. The van der Waals surface area contributed by atoms with Crippen molar-refractivity contribution in [3.63, 3.8) is 0 Å². The van der Waals surface area contributed by atoms with Gasteiger partial charge in [0.25, 0.3) is 0 Å². The van der Waals surface area contributed by atoms with Gasteiger partial charge in [-0.15, -0.1) is 0 Å². The van der Waals surface area contributed by atoms with Crippen molar-refractivity contribution in [3.8, 4) is 39.3 Å². The molecule has 38 heavy (non-hydrogen) atoms. The van der Waals surface area contributed by atoms with Crippen molar-refractivity contribution in [1.82, 2.24) is 9.55 Å². The molecule has 1 aromatic heterocycles. The van der Waals surface area contributed by atoms with Crippen LogP contribution in [0.4, 0.5) is 0 Å². The summed E-state index contributed by atoms with van der Waals surface area (Å²) in [5, 5.41) is 0. The first kappa shape index (κ1) is 24.4. The predicted molar refractivity (Wildman–Crippen MR) is 160 cm³/mol. The quantitative estimate of drug-likeness (QED) is 0.215. The molecule has 0 saturated heterocycles. The molecule has 0 amide bonds. The van der Waals surface area contributed by atoms with Gasteiger partial charge < -0.3 is 0 Å². The fraction of sp³-hybridized carbons (Fsp3) is 0.250. The lowest BCUT2D eigenvalue weighted by atomic mass is 9.84. The molecule has 2 heteroatoms. The minimum atomic E-state index is 0.00906. The molecule has 0 saturated carbocycles. The van der Waals surface area contributed by atoms with E-state index in [0.717, 1.165) is 18.7 Å². The van der Waals surface area contributed by atoms with Gasteiger partial charge in [-0.25, -0.2) is 4.98 Å². The Bertz CT molecular complexity index is 1600. The fourth-order valence-electron chi connectivity index (χ4n) is 6.00. The van der Waals surface area contributed by atoms with Crippen LogP contribution in [-0.4, -0.2) is 9.55 Å². The molecule has 6 rings (SSSR count). The Kier molecular flexibility index (Phi) is 6.27. The lowest BCUT2D eigenvalue weighted by Crippen LogP contribution is -2.22. The van der Waals surface area contributed by atoms with E-state index in [4.69, 9.17) is 4.98 Å². The minimum Gasteiger partial charge on any atom is -0.296 e. The van der Waals surface area contributed by atoms with Gasteiger partial charge in [0.1, 0.15) is 5.82 Å². The molecule has 1 aliphatic rings. The topological polar surface area (TPSA) is 17.8 Å². The van der Waals surface area contributed by atoms with E-state index in [1.807, 2.05) is 0 Å². The molecule has 5 aromatic rings. The van der Waals surface area contributed by atoms with Crippen molar-refractivity contribution in [3.05, 3.63) is 120 Å². The Hall–Kier alpha value is -3.91. The van der Waals surface area contributed by atoms with Gasteiger partial charge in [-0.05, 0) is 76.9 Å². The zero-order chi connectivity index (χ0) is 26.3. The highest BCUT2D eigenvalue weighted by Gasteiger charge is 2.28. The smallest absolute Gasteiger partial charge is 0.144 e. The monoisotopic (exact) mass is 496 g/mol. The van der Waals surface area contributed by atoms with Crippen LogP contribution in [0.3, 0.4) is 0 Å². The van der Waals surface area contributed by atoms with Crippen LogP contribution >= 0.6 is 0 Å². The predicted octanol–water partition coefficient (Wildman–Crippen LogP) is 9.55. The van der Waals surface area contributed by atoms with Crippen molar-refractivity contribution >= 4 is 0 Å². The molecule has 0 bridgehead atoms. The normalized spacial score (nSPS) is 12.4. The first-order chi connectivity index (χ1) is 18.5. The van der Waals surface area contributed by atoms with E-state index in [1.165, 1.54) is 68.7 Å². The van der Waals surface area contributed by atoms with Crippen LogP contribution in [0.1, 0.15) is 62.4 Å². The van der Waals surface area contributed by atoms with E-state index in [1.54, 1.807) is 0 Å². The highest BCUT2D eigenvalue weighted by atomic mass is 15.1. The molecular weight excluding hydrogens is 460 g/mol. The maximum Gasteiger partial charge on any atom is 0.144 e. The fourth-order valence-corrected chi connectivity index (χ4v) is 6.00. The maximum atomic E-state index is 5.10. The third-order valence-electron chi connectivity index (χ3n) is 8.21. The lowest BCUT2D eigenvalue weighted by Gasteiger charge is -2.27. The Morgan fingerprint density at radius 2 is 1.50 bits per heavy atom. The molecule has 0 aliphatic heterocycles. The lowest BCUT2D eigenvalue weighted by molar-refractivity contribution is 0.439. The van der Waals surface area contributed by atoms with Gasteiger partial charge in [0.2, 0.25) is 0 Å². The number of nitrogens with zero attached hydrogens (tertiary/aromatic N) is 2. The standard InChI is InChI=1S/C36H36N2/c1-5-6-20-36(3,4)34-24-37-35(30-17-16-29-22-28-14-10-11-15-31(28)32(29)23-30)38(34)33-19-18-27(21-25(33)2)26-12-8-7-9-13-26/h7-19,21,23-24H,5-6,20,22H2,1-4H3. The van der Waals surface area contributed by atoms with Gasteiger partial charge in [-0.2, -0.15) is 0 Å². The van der Waals surface area contributed by atoms with Crippen LogP contribution in [0, 0.1) is 6.92 Å². The molecule has 0 unspecified atom stereocenters. The Morgan fingerprint density at radius 1 is 0.763 bits per heavy atom. The van der Waals surface area contributed by atoms with Gasteiger partial charge in [0, 0.05) is 22.9 Å². The number of hydrogen-bond acceptors (Lipinski definition) is 1. The molecule has 1 aliphatic carbocycles. The van der Waals surface area contributed by atoms with Crippen molar-refractivity contribution in [2.24, 2.45) is 0 Å². The van der Waals surface area contributed by atoms with Gasteiger partial charge >= 0.3 is 0 Å². The van der Waals surface area contributed by atoms with E-state index >= 15 is 0 Å². The van der Waals surface area contributed by atoms with Gasteiger partial charge in [0.05, 0.1) is 5.69 Å². The molecule has 0 atom stereocenters. The van der Waals surface area contributed by atoms with Gasteiger partial charge in [-0.3, -0.25) is 4.57 Å². The summed E-state index contributed by atoms with van der Waals surface area (Å²) >= 11 is 0. The molecule has 0 radical (unpaired) electrons. The maximum absolute atomic E-state index is 5.10. The largest absolute Gasteiger partial charge is 0.296 e. The molecular formula is C36H36N2. The number of unbranched alkanes of at least 4 members (excludes halogenated alkanes) is 1. The Morgan fingerprint density at radius 3 is 2.29 bits per heavy atom. The van der Waals surface area contributed by atoms with Crippen LogP contribution < -0.4 is 0 Å². The highest BCUT2D eigenvalue weighted by molar-refractivity contribution is 5.81. The number of aromatic nitrogens is 2. The average Bonchev–Trinajstić information content (AvgIpc) is 3.54. The molecule has 4 aromatic carbocycles. The van der Waals surface area contributed by atoms with E-state index in [0.29, 0.717) is 0 Å². The number of aryl methyl sites for hydroxylation is 1. The van der Waals surface area contributed by atoms with Crippen LogP contribution in [0.2, 0.25) is 0 Å². The summed E-state index contributed by atoms with van der Waals surface area (Å²) in [5.41, 5.74) is 12.9. The molecule has 2 nitrogen and oxygen atoms in total. The third kappa shape index (κ3) is 4.28. The third-order valence-corrected chi connectivity index (χ3v) is 8.21. The number of rotatable bonds is 7. The number of benzene rings is 4. The average molecular weight is 497 g/mol. The van der Waals surface area contributed by atoms with E-state index in [9.17, 15) is 0 Å². The molecule has 0 spiro atoms. The van der Waals surface area contributed by atoms with Crippen molar-refractivity contribution in [2.75, 3.05) is 0 Å². The summed E-state index contributed by atoms with van der Waals surface area (Å²) in [5.74, 6) is 1.02. The summed E-state index contributed by atoms with van der Waals surface area (Å²) < 4.78 is 2.43. The summed E-state index contributed by atoms with van der Waals surface area (Å²) in [7, 11) is 0.